The lowest BCUT2D eigenvalue weighted by Crippen LogP contribution is -2.44. The molecule has 0 bridgehead atoms. The smallest absolute Gasteiger partial charge is 0.414 e. The number of piperidine rings is 1. The molecule has 7 nitrogen and oxygen atoms in total. The van der Waals surface area contributed by atoms with Crippen molar-refractivity contribution in [2.24, 2.45) is 5.92 Å². The van der Waals surface area contributed by atoms with Crippen LogP contribution in [0.15, 0.2) is 48.5 Å². The SMILES string of the molecule is O=C(C1CCN(Cc2ccc(Cl)cc2)CC1)N1CCc2ccccc2C1.O=C(O)C(=O)O. The first-order chi connectivity index (χ1) is 15.3. The van der Waals surface area contributed by atoms with E-state index in [9.17, 15) is 4.79 Å². The third kappa shape index (κ3) is 6.55. The summed E-state index contributed by atoms with van der Waals surface area (Å²) in [5.74, 6) is -3.11. The second-order valence-corrected chi connectivity index (χ2v) is 8.50. The Labute approximate surface area is 192 Å². The first-order valence-corrected chi connectivity index (χ1v) is 11.0. The summed E-state index contributed by atoms with van der Waals surface area (Å²) in [7, 11) is 0. The van der Waals surface area contributed by atoms with Crippen LogP contribution in [0.3, 0.4) is 0 Å². The van der Waals surface area contributed by atoms with Gasteiger partial charge in [0.1, 0.15) is 0 Å². The van der Waals surface area contributed by atoms with Crippen molar-refractivity contribution in [3.8, 4) is 0 Å². The van der Waals surface area contributed by atoms with E-state index in [1.807, 2.05) is 12.1 Å². The molecule has 0 radical (unpaired) electrons. The van der Waals surface area contributed by atoms with E-state index in [2.05, 4.69) is 46.2 Å². The summed E-state index contributed by atoms with van der Waals surface area (Å²) in [6.45, 7) is 4.56. The molecule has 8 heteroatoms. The zero-order valence-electron chi connectivity index (χ0n) is 17.7. The fraction of sp³-hybridized carbons (Fsp3) is 0.375. The lowest BCUT2D eigenvalue weighted by Gasteiger charge is -2.36. The van der Waals surface area contributed by atoms with Crippen LogP contribution in [0.4, 0.5) is 0 Å². The minimum atomic E-state index is -1.82. The Morgan fingerprint density at radius 2 is 1.47 bits per heavy atom. The Bertz CT molecular complexity index is 943. The predicted octanol–water partition coefficient (Wildman–Crippen LogP) is 3.29. The normalized spacial score (nSPS) is 16.5. The second kappa shape index (κ2) is 11.1. The molecule has 0 aromatic heterocycles. The van der Waals surface area contributed by atoms with Gasteiger partial charge in [0, 0.05) is 30.6 Å². The maximum absolute atomic E-state index is 13.0. The first-order valence-electron chi connectivity index (χ1n) is 10.6. The number of hydrogen-bond donors (Lipinski definition) is 2. The van der Waals surface area contributed by atoms with E-state index >= 15 is 0 Å². The minimum absolute atomic E-state index is 0.182. The summed E-state index contributed by atoms with van der Waals surface area (Å²) in [4.78, 5) is 35.7. The molecule has 1 saturated heterocycles. The Balaban J connectivity index is 0.000000427. The van der Waals surface area contributed by atoms with Gasteiger partial charge in [0.25, 0.3) is 0 Å². The largest absolute Gasteiger partial charge is 0.473 e. The molecule has 0 unspecified atom stereocenters. The van der Waals surface area contributed by atoms with Crippen LogP contribution in [0.5, 0.6) is 0 Å². The van der Waals surface area contributed by atoms with Crippen molar-refractivity contribution in [3.63, 3.8) is 0 Å². The molecule has 2 heterocycles. The molecular weight excluding hydrogens is 432 g/mol. The van der Waals surface area contributed by atoms with E-state index in [-0.39, 0.29) is 5.92 Å². The Morgan fingerprint density at radius 1 is 0.875 bits per heavy atom. The standard InChI is InChI=1S/C22H25ClN2O.C2H2O4/c23-21-7-5-17(6-8-21)15-24-12-9-19(10-13-24)22(26)25-14-11-18-3-1-2-4-20(18)16-25;3-1(4)2(5)6/h1-8,19H,9-16H2;(H,3,4)(H,5,6). The number of carbonyl (C=O) groups is 3. The number of carboxylic acid groups (broad SMARTS) is 2. The fourth-order valence-electron chi connectivity index (χ4n) is 4.13. The van der Waals surface area contributed by atoms with Crippen molar-refractivity contribution in [2.75, 3.05) is 19.6 Å². The van der Waals surface area contributed by atoms with Gasteiger partial charge in [-0.25, -0.2) is 9.59 Å². The number of carbonyl (C=O) groups excluding carboxylic acids is 1. The summed E-state index contributed by atoms with van der Waals surface area (Å²) in [5.41, 5.74) is 3.99. The van der Waals surface area contributed by atoms with E-state index in [1.165, 1.54) is 16.7 Å². The van der Waals surface area contributed by atoms with E-state index in [0.717, 1.165) is 57.0 Å². The summed E-state index contributed by atoms with van der Waals surface area (Å²) < 4.78 is 0. The van der Waals surface area contributed by atoms with Gasteiger partial charge in [0.15, 0.2) is 0 Å². The Kier molecular flexibility index (Phi) is 8.25. The van der Waals surface area contributed by atoms with Gasteiger partial charge >= 0.3 is 11.9 Å². The maximum Gasteiger partial charge on any atom is 0.414 e. The fourth-order valence-corrected chi connectivity index (χ4v) is 4.25. The van der Waals surface area contributed by atoms with Crippen molar-refractivity contribution >= 4 is 29.4 Å². The van der Waals surface area contributed by atoms with Crippen molar-refractivity contribution in [1.82, 2.24) is 9.80 Å². The van der Waals surface area contributed by atoms with Gasteiger partial charge in [-0.3, -0.25) is 9.69 Å². The Morgan fingerprint density at radius 3 is 2.06 bits per heavy atom. The van der Waals surface area contributed by atoms with E-state index in [0.29, 0.717) is 5.91 Å². The molecule has 2 aromatic carbocycles. The van der Waals surface area contributed by atoms with Crippen LogP contribution in [0, 0.1) is 5.92 Å². The van der Waals surface area contributed by atoms with Gasteiger partial charge in [-0.05, 0) is 61.2 Å². The summed E-state index contributed by atoms with van der Waals surface area (Å²) in [6.07, 6.45) is 2.91. The van der Waals surface area contributed by atoms with E-state index in [1.54, 1.807) is 0 Å². The molecule has 2 N–H and O–H groups in total. The van der Waals surface area contributed by atoms with Crippen molar-refractivity contribution in [2.45, 2.75) is 32.4 Å². The highest BCUT2D eigenvalue weighted by atomic mass is 35.5. The molecular formula is C24H27ClN2O5. The number of likely N-dealkylation sites (tertiary alicyclic amines) is 1. The highest BCUT2D eigenvalue weighted by Gasteiger charge is 2.30. The molecule has 0 spiro atoms. The molecule has 32 heavy (non-hydrogen) atoms. The number of nitrogens with zero attached hydrogens (tertiary/aromatic N) is 2. The summed E-state index contributed by atoms with van der Waals surface area (Å²) >= 11 is 5.96. The number of benzene rings is 2. The van der Waals surface area contributed by atoms with Crippen LogP contribution in [-0.2, 0) is 33.9 Å². The zero-order valence-corrected chi connectivity index (χ0v) is 18.5. The van der Waals surface area contributed by atoms with Crippen molar-refractivity contribution in [3.05, 3.63) is 70.2 Å². The minimum Gasteiger partial charge on any atom is -0.473 e. The molecule has 2 aliphatic heterocycles. The number of rotatable bonds is 3. The molecule has 170 valence electrons. The second-order valence-electron chi connectivity index (χ2n) is 8.07. The van der Waals surface area contributed by atoms with Gasteiger partial charge in [-0.2, -0.15) is 0 Å². The van der Waals surface area contributed by atoms with Crippen molar-refractivity contribution < 1.29 is 24.6 Å². The third-order valence-corrected chi connectivity index (χ3v) is 6.13. The number of aliphatic carboxylic acids is 2. The van der Waals surface area contributed by atoms with Crippen LogP contribution in [-0.4, -0.2) is 57.5 Å². The van der Waals surface area contributed by atoms with Gasteiger partial charge in [0.2, 0.25) is 5.91 Å². The molecule has 0 aliphatic carbocycles. The average molecular weight is 459 g/mol. The monoisotopic (exact) mass is 458 g/mol. The third-order valence-electron chi connectivity index (χ3n) is 5.88. The summed E-state index contributed by atoms with van der Waals surface area (Å²) in [6, 6.07) is 16.6. The van der Waals surface area contributed by atoms with Gasteiger partial charge in [-0.1, -0.05) is 48.0 Å². The predicted molar refractivity (Wildman–Crippen MR) is 120 cm³/mol. The number of halogens is 1. The number of amides is 1. The van der Waals surface area contributed by atoms with E-state index < -0.39 is 11.9 Å². The van der Waals surface area contributed by atoms with Gasteiger partial charge in [-0.15, -0.1) is 0 Å². The molecule has 0 atom stereocenters. The zero-order chi connectivity index (χ0) is 23.1. The lowest BCUT2D eigenvalue weighted by atomic mass is 9.93. The van der Waals surface area contributed by atoms with Crippen LogP contribution in [0.25, 0.3) is 0 Å². The Hall–Kier alpha value is -2.90. The van der Waals surface area contributed by atoms with Crippen LogP contribution < -0.4 is 0 Å². The van der Waals surface area contributed by atoms with Crippen LogP contribution in [0.2, 0.25) is 5.02 Å². The highest BCUT2D eigenvalue weighted by molar-refractivity contribution is 6.30. The summed E-state index contributed by atoms with van der Waals surface area (Å²) in [5, 5.41) is 15.6. The van der Waals surface area contributed by atoms with Gasteiger partial charge in [0.05, 0.1) is 0 Å². The molecule has 2 aromatic rings. The maximum atomic E-state index is 13.0. The molecule has 1 fully saturated rings. The van der Waals surface area contributed by atoms with Crippen molar-refractivity contribution in [1.29, 1.82) is 0 Å². The van der Waals surface area contributed by atoms with E-state index in [4.69, 9.17) is 31.4 Å². The van der Waals surface area contributed by atoms with Crippen LogP contribution >= 0.6 is 11.6 Å². The number of carboxylic acids is 2. The molecule has 0 saturated carbocycles. The van der Waals surface area contributed by atoms with Crippen LogP contribution in [0.1, 0.15) is 29.5 Å². The molecule has 2 aliphatic rings. The molecule has 4 rings (SSSR count). The number of fused-ring (bicyclic) bond motifs is 1. The molecule has 1 amide bonds. The first kappa shape index (κ1) is 23.8. The van der Waals surface area contributed by atoms with Gasteiger partial charge < -0.3 is 15.1 Å². The lowest BCUT2D eigenvalue weighted by molar-refractivity contribution is -0.159. The average Bonchev–Trinajstić information content (AvgIpc) is 2.80. The quantitative estimate of drug-likeness (QED) is 0.685. The number of hydrogen-bond acceptors (Lipinski definition) is 4. The topological polar surface area (TPSA) is 98.2 Å². The highest BCUT2D eigenvalue weighted by Crippen LogP contribution is 2.25.